The van der Waals surface area contributed by atoms with Crippen molar-refractivity contribution in [1.82, 2.24) is 9.97 Å². The zero-order valence-electron chi connectivity index (χ0n) is 27.0. The maximum absolute atomic E-state index is 8.85. The Labute approximate surface area is 277 Å². The molecular weight excluding hydrogens is 591 g/mol. The van der Waals surface area contributed by atoms with Gasteiger partial charge in [0.1, 0.15) is 0 Å². The van der Waals surface area contributed by atoms with Gasteiger partial charge in [-0.15, -0.1) is 11.3 Å². The van der Waals surface area contributed by atoms with E-state index >= 15 is 0 Å². The Morgan fingerprint density at radius 2 is 1.32 bits per heavy atom. The van der Waals surface area contributed by atoms with Crippen LogP contribution in [0.2, 0.25) is 0 Å². The minimum atomic E-state index is -0.530. The standard InChI is InChI=1S/C43H29N3S/c1-43(2)33-25-24-26-14-6-7-17-28(26)37(33)38-30-19-9-8-18-29(30)36-32-21-11-13-23-35(32)47-41(36)40(38)46(43)42-44-34-22-12-10-20-31(34)39(45-42)27-15-4-3-5-16-27/h3-25H,1-2H3/i15D. The minimum Gasteiger partial charge on any atom is -0.299 e. The molecule has 9 aromatic rings. The lowest BCUT2D eigenvalue weighted by atomic mass is 9.76. The van der Waals surface area contributed by atoms with E-state index in [2.05, 4.69) is 116 Å². The second-order valence-electron chi connectivity index (χ2n) is 12.8. The summed E-state index contributed by atoms with van der Waals surface area (Å²) in [6, 6.07) is 47.3. The van der Waals surface area contributed by atoms with Crippen LogP contribution in [-0.2, 0) is 5.54 Å². The number of fused-ring (bicyclic) bond motifs is 13. The zero-order chi connectivity index (χ0) is 32.1. The topological polar surface area (TPSA) is 29.0 Å². The summed E-state index contributed by atoms with van der Waals surface area (Å²) in [4.78, 5) is 13.2. The van der Waals surface area contributed by atoms with Crippen LogP contribution in [0.5, 0.6) is 0 Å². The molecule has 0 amide bonds. The van der Waals surface area contributed by atoms with Gasteiger partial charge in [0, 0.05) is 32.0 Å². The number of hydrogen-bond donors (Lipinski definition) is 0. The molecule has 7 aromatic carbocycles. The highest BCUT2D eigenvalue weighted by molar-refractivity contribution is 7.26. The fraction of sp³-hybridized carbons (Fsp3) is 0.0698. The first-order valence-electron chi connectivity index (χ1n) is 16.5. The summed E-state index contributed by atoms with van der Waals surface area (Å²) in [6.07, 6.45) is 0. The Morgan fingerprint density at radius 1 is 0.617 bits per heavy atom. The van der Waals surface area contributed by atoms with E-state index in [1.807, 2.05) is 47.7 Å². The maximum Gasteiger partial charge on any atom is 0.231 e. The smallest absolute Gasteiger partial charge is 0.231 e. The van der Waals surface area contributed by atoms with Crippen molar-refractivity contribution in [3.63, 3.8) is 0 Å². The molecular formula is C43H29N3S. The van der Waals surface area contributed by atoms with Gasteiger partial charge in [0.25, 0.3) is 0 Å². The number of hydrogen-bond acceptors (Lipinski definition) is 4. The van der Waals surface area contributed by atoms with Gasteiger partial charge in [0.15, 0.2) is 0 Å². The van der Waals surface area contributed by atoms with Crippen LogP contribution < -0.4 is 4.90 Å². The van der Waals surface area contributed by atoms with Crippen molar-refractivity contribution in [2.75, 3.05) is 4.90 Å². The molecule has 222 valence electrons. The Morgan fingerprint density at radius 3 is 2.17 bits per heavy atom. The summed E-state index contributed by atoms with van der Waals surface area (Å²) in [5, 5.41) is 8.42. The number of para-hydroxylation sites is 1. The first-order chi connectivity index (χ1) is 23.5. The number of aromatic nitrogens is 2. The average molecular weight is 621 g/mol. The van der Waals surface area contributed by atoms with Crippen LogP contribution in [0.4, 0.5) is 11.6 Å². The third kappa shape index (κ3) is 3.67. The minimum absolute atomic E-state index is 0.445. The highest BCUT2D eigenvalue weighted by atomic mass is 32.1. The van der Waals surface area contributed by atoms with E-state index in [0.29, 0.717) is 12.0 Å². The molecule has 0 spiro atoms. The first-order valence-corrected chi connectivity index (χ1v) is 16.8. The molecule has 3 heterocycles. The number of anilines is 2. The lowest BCUT2D eigenvalue weighted by Crippen LogP contribution is -2.42. The molecule has 1 aliphatic rings. The molecule has 10 rings (SSSR count). The van der Waals surface area contributed by atoms with Gasteiger partial charge in [0.2, 0.25) is 5.95 Å². The van der Waals surface area contributed by atoms with Crippen molar-refractivity contribution >= 4 is 75.6 Å². The van der Waals surface area contributed by atoms with Gasteiger partial charge in [-0.3, -0.25) is 4.90 Å². The first kappa shape index (κ1) is 25.6. The maximum atomic E-state index is 8.85. The molecule has 0 atom stereocenters. The Balaban J connectivity index is 1.43. The third-order valence-corrected chi connectivity index (χ3v) is 11.1. The molecule has 0 radical (unpaired) electrons. The van der Waals surface area contributed by atoms with Gasteiger partial charge in [0.05, 0.1) is 28.5 Å². The molecule has 0 aliphatic carbocycles. The van der Waals surface area contributed by atoms with Gasteiger partial charge < -0.3 is 0 Å². The molecule has 3 nitrogen and oxygen atoms in total. The molecule has 0 saturated carbocycles. The van der Waals surface area contributed by atoms with Crippen LogP contribution in [-0.4, -0.2) is 9.97 Å². The predicted octanol–water partition coefficient (Wildman–Crippen LogP) is 12.0. The van der Waals surface area contributed by atoms with Crippen molar-refractivity contribution in [3.8, 4) is 22.4 Å². The van der Waals surface area contributed by atoms with E-state index in [1.54, 1.807) is 0 Å². The largest absolute Gasteiger partial charge is 0.299 e. The normalized spacial score (nSPS) is 14.2. The summed E-state index contributed by atoms with van der Waals surface area (Å²) in [7, 11) is 0. The summed E-state index contributed by atoms with van der Waals surface area (Å²) in [6.45, 7) is 4.60. The van der Waals surface area contributed by atoms with Gasteiger partial charge in [-0.2, -0.15) is 0 Å². The zero-order valence-corrected chi connectivity index (χ0v) is 26.8. The number of benzene rings is 7. The lowest BCUT2D eigenvalue weighted by Gasteiger charge is -2.46. The van der Waals surface area contributed by atoms with Crippen molar-refractivity contribution in [2.24, 2.45) is 0 Å². The predicted molar refractivity (Wildman–Crippen MR) is 200 cm³/mol. The summed E-state index contributed by atoms with van der Waals surface area (Å²) in [5.74, 6) is 0.631. The Kier molecular flexibility index (Phi) is 5.29. The van der Waals surface area contributed by atoms with Crippen LogP contribution in [0, 0.1) is 0 Å². The molecule has 1 aliphatic heterocycles. The molecule has 0 N–H and O–H groups in total. The average Bonchev–Trinajstić information content (AvgIpc) is 3.51. The monoisotopic (exact) mass is 620 g/mol. The third-order valence-electron chi connectivity index (χ3n) is 9.89. The van der Waals surface area contributed by atoms with E-state index in [0.717, 1.165) is 27.8 Å². The van der Waals surface area contributed by atoms with Gasteiger partial charge in [-0.05, 0) is 58.7 Å². The Hall–Kier alpha value is -5.58. The molecule has 0 saturated heterocycles. The van der Waals surface area contributed by atoms with Crippen molar-refractivity contribution in [1.29, 1.82) is 0 Å². The molecule has 2 aromatic heterocycles. The van der Waals surface area contributed by atoms with Crippen LogP contribution in [0.3, 0.4) is 0 Å². The van der Waals surface area contributed by atoms with Crippen LogP contribution in [0.1, 0.15) is 20.8 Å². The van der Waals surface area contributed by atoms with Gasteiger partial charge in [-0.25, -0.2) is 9.97 Å². The molecule has 47 heavy (non-hydrogen) atoms. The fourth-order valence-electron chi connectivity index (χ4n) is 7.82. The molecule has 0 bridgehead atoms. The van der Waals surface area contributed by atoms with E-state index in [4.69, 9.17) is 11.3 Å². The second kappa shape index (κ2) is 9.71. The van der Waals surface area contributed by atoms with Crippen LogP contribution >= 0.6 is 11.3 Å². The molecule has 0 unspecified atom stereocenters. The highest BCUT2D eigenvalue weighted by Crippen LogP contribution is 2.59. The van der Waals surface area contributed by atoms with E-state index in [9.17, 15) is 0 Å². The van der Waals surface area contributed by atoms with Gasteiger partial charge in [-0.1, -0.05) is 127 Å². The second-order valence-corrected chi connectivity index (χ2v) is 13.9. The Bertz CT molecular complexity index is 2800. The van der Waals surface area contributed by atoms with E-state index < -0.39 is 5.54 Å². The summed E-state index contributed by atoms with van der Waals surface area (Å²) < 4.78 is 11.3. The van der Waals surface area contributed by atoms with Gasteiger partial charge >= 0.3 is 0 Å². The number of rotatable bonds is 2. The SMILES string of the molecule is [2H]c1ccccc1-c1nc(N2c3c(c4ccccc4c4c3sc3ccccc34)-c3c(ccc4ccccc34)C2(C)C)nc2ccccc12. The summed E-state index contributed by atoms with van der Waals surface area (Å²) >= 11 is 1.85. The molecule has 4 heteroatoms. The number of thiophene rings is 1. The molecule has 0 fully saturated rings. The fourth-order valence-corrected chi connectivity index (χ4v) is 9.08. The van der Waals surface area contributed by atoms with Crippen molar-refractivity contribution in [3.05, 3.63) is 145 Å². The lowest BCUT2D eigenvalue weighted by molar-refractivity contribution is 0.525. The summed E-state index contributed by atoms with van der Waals surface area (Å²) in [5.41, 5.74) is 6.76. The van der Waals surface area contributed by atoms with Crippen molar-refractivity contribution in [2.45, 2.75) is 19.4 Å². The van der Waals surface area contributed by atoms with E-state index in [-0.39, 0.29) is 0 Å². The van der Waals surface area contributed by atoms with E-state index in [1.165, 1.54) is 58.4 Å². The van der Waals surface area contributed by atoms with Crippen LogP contribution in [0.25, 0.3) is 75.0 Å². The quantitative estimate of drug-likeness (QED) is 0.193. The highest BCUT2D eigenvalue weighted by Gasteiger charge is 2.43. The van der Waals surface area contributed by atoms with Crippen LogP contribution in [0.15, 0.2) is 140 Å². The number of nitrogens with zero attached hydrogens (tertiary/aromatic N) is 3. The van der Waals surface area contributed by atoms with Crippen molar-refractivity contribution < 1.29 is 1.37 Å².